The van der Waals surface area contributed by atoms with Crippen molar-refractivity contribution in [3.63, 3.8) is 0 Å². The molecule has 1 aromatic rings. The lowest BCUT2D eigenvalue weighted by Crippen LogP contribution is -2.11. The van der Waals surface area contributed by atoms with Crippen molar-refractivity contribution in [3.05, 3.63) is 28.2 Å². The zero-order chi connectivity index (χ0) is 12.1. The van der Waals surface area contributed by atoms with Gasteiger partial charge in [-0.3, -0.25) is 10.2 Å². The molecule has 0 fully saturated rings. The molecule has 1 aromatic carbocycles. The van der Waals surface area contributed by atoms with Crippen LogP contribution in [0, 0.1) is 0 Å². The highest BCUT2D eigenvalue weighted by atomic mass is 35.5. The fourth-order valence-electron chi connectivity index (χ4n) is 0.847. The maximum atomic E-state index is 11.2. The number of benzene rings is 1. The normalized spacial score (nSPS) is 9.50. The quantitative estimate of drug-likeness (QED) is 0.498. The van der Waals surface area contributed by atoms with Gasteiger partial charge in [0.05, 0.1) is 15.8 Å². The third-order valence-corrected chi connectivity index (χ3v) is 2.22. The van der Waals surface area contributed by atoms with Gasteiger partial charge in [-0.25, -0.2) is 4.79 Å². The number of carbonyl (C=O) groups is 1. The van der Waals surface area contributed by atoms with Crippen LogP contribution in [0.4, 0.5) is 10.5 Å². The predicted molar refractivity (Wildman–Crippen MR) is 65.3 cm³/mol. The number of nitrogens with zero attached hydrogens (tertiary/aromatic N) is 1. The molecule has 0 aliphatic heterocycles. The Labute approximate surface area is 103 Å². The molecule has 86 valence electrons. The highest BCUT2D eigenvalue weighted by molar-refractivity contribution is 6.42. The Kier molecular flexibility index (Phi) is 4.58. The van der Waals surface area contributed by atoms with Gasteiger partial charge in [-0.05, 0) is 32.0 Å². The summed E-state index contributed by atoms with van der Waals surface area (Å²) in [4.78, 5) is 15.7. The lowest BCUT2D eigenvalue weighted by molar-refractivity contribution is 0.166. The largest absolute Gasteiger partial charge is 0.437 e. The Morgan fingerprint density at radius 3 is 2.56 bits per heavy atom. The summed E-state index contributed by atoms with van der Waals surface area (Å²) in [6.45, 7) is 3.43. The van der Waals surface area contributed by atoms with E-state index in [-0.39, 0.29) is 0 Å². The van der Waals surface area contributed by atoms with E-state index in [1.54, 1.807) is 26.0 Å². The molecule has 16 heavy (non-hydrogen) atoms. The molecule has 4 nitrogen and oxygen atoms in total. The molecule has 0 saturated heterocycles. The number of amides is 1. The van der Waals surface area contributed by atoms with Crippen LogP contribution in [0.3, 0.4) is 0 Å². The number of oxime groups is 1. The van der Waals surface area contributed by atoms with E-state index in [4.69, 9.17) is 23.2 Å². The minimum Gasteiger partial charge on any atom is -0.298 e. The second-order valence-electron chi connectivity index (χ2n) is 3.17. The molecule has 0 aromatic heterocycles. The van der Waals surface area contributed by atoms with Crippen molar-refractivity contribution in [3.8, 4) is 0 Å². The van der Waals surface area contributed by atoms with Gasteiger partial charge in [0.1, 0.15) is 0 Å². The van der Waals surface area contributed by atoms with Gasteiger partial charge in [-0.2, -0.15) is 0 Å². The number of anilines is 1. The van der Waals surface area contributed by atoms with Crippen LogP contribution in [0.5, 0.6) is 0 Å². The Hall–Kier alpha value is -1.26. The summed E-state index contributed by atoms with van der Waals surface area (Å²) in [5.74, 6) is 0. The summed E-state index contributed by atoms with van der Waals surface area (Å²) < 4.78 is 0. The highest BCUT2D eigenvalue weighted by Gasteiger charge is 2.04. The molecule has 0 aliphatic carbocycles. The van der Waals surface area contributed by atoms with Gasteiger partial charge in [0, 0.05) is 5.69 Å². The van der Waals surface area contributed by atoms with Crippen LogP contribution < -0.4 is 5.32 Å². The topological polar surface area (TPSA) is 50.7 Å². The van der Waals surface area contributed by atoms with Gasteiger partial charge in [0.15, 0.2) is 0 Å². The maximum Gasteiger partial charge on any atom is 0.437 e. The second kappa shape index (κ2) is 5.72. The van der Waals surface area contributed by atoms with Crippen LogP contribution >= 0.6 is 23.2 Å². The first-order valence-corrected chi connectivity index (χ1v) is 5.19. The number of carbonyl (C=O) groups excluding carboxylic acids is 1. The predicted octanol–water partition coefficient (Wildman–Crippen LogP) is 3.94. The van der Waals surface area contributed by atoms with Crippen LogP contribution in [0.25, 0.3) is 0 Å². The second-order valence-corrected chi connectivity index (χ2v) is 3.99. The van der Waals surface area contributed by atoms with Gasteiger partial charge in [0.25, 0.3) is 0 Å². The van der Waals surface area contributed by atoms with Gasteiger partial charge in [-0.1, -0.05) is 28.4 Å². The Morgan fingerprint density at radius 1 is 1.31 bits per heavy atom. The summed E-state index contributed by atoms with van der Waals surface area (Å²) in [6, 6.07) is 4.71. The summed E-state index contributed by atoms with van der Waals surface area (Å²) in [6.07, 6.45) is -0.681. The van der Waals surface area contributed by atoms with Gasteiger partial charge >= 0.3 is 6.09 Å². The first-order chi connectivity index (χ1) is 7.49. The molecule has 0 spiro atoms. The van der Waals surface area contributed by atoms with Crippen LogP contribution in [0.15, 0.2) is 23.4 Å². The van der Waals surface area contributed by atoms with Crippen LogP contribution in [0.2, 0.25) is 10.0 Å². The van der Waals surface area contributed by atoms with E-state index in [1.807, 2.05) is 0 Å². The molecule has 0 radical (unpaired) electrons. The van der Waals surface area contributed by atoms with E-state index in [0.717, 1.165) is 0 Å². The fourth-order valence-corrected chi connectivity index (χ4v) is 1.15. The Morgan fingerprint density at radius 2 is 2.00 bits per heavy atom. The summed E-state index contributed by atoms with van der Waals surface area (Å²) >= 11 is 11.5. The Balaban J connectivity index is 2.63. The molecule has 0 aliphatic rings. The number of nitrogens with one attached hydrogen (secondary N) is 1. The molecular formula is C10H10Cl2N2O2. The van der Waals surface area contributed by atoms with E-state index in [1.165, 1.54) is 6.07 Å². The first-order valence-electron chi connectivity index (χ1n) is 4.43. The molecule has 1 rings (SSSR count). The van der Waals surface area contributed by atoms with Crippen molar-refractivity contribution in [1.29, 1.82) is 0 Å². The minimum absolute atomic E-state index is 0.356. The molecular weight excluding hydrogens is 251 g/mol. The average Bonchev–Trinajstić information content (AvgIpc) is 2.21. The molecule has 1 N–H and O–H groups in total. The van der Waals surface area contributed by atoms with E-state index < -0.39 is 6.09 Å². The monoisotopic (exact) mass is 260 g/mol. The van der Waals surface area contributed by atoms with Crippen molar-refractivity contribution in [1.82, 2.24) is 0 Å². The third kappa shape index (κ3) is 4.08. The smallest absolute Gasteiger partial charge is 0.298 e. The van der Waals surface area contributed by atoms with Crippen LogP contribution in [0.1, 0.15) is 13.8 Å². The van der Waals surface area contributed by atoms with Crippen molar-refractivity contribution in [2.24, 2.45) is 5.16 Å². The number of rotatable bonds is 2. The number of hydrogen-bond acceptors (Lipinski definition) is 3. The van der Waals surface area contributed by atoms with E-state index in [9.17, 15) is 4.79 Å². The fraction of sp³-hybridized carbons (Fsp3) is 0.200. The maximum absolute atomic E-state index is 11.2. The zero-order valence-electron chi connectivity index (χ0n) is 8.75. The number of hydrogen-bond donors (Lipinski definition) is 1. The summed E-state index contributed by atoms with van der Waals surface area (Å²) in [5.41, 5.74) is 1.13. The average molecular weight is 261 g/mol. The summed E-state index contributed by atoms with van der Waals surface area (Å²) in [7, 11) is 0. The Bertz CT molecular complexity index is 429. The lowest BCUT2D eigenvalue weighted by atomic mass is 10.3. The van der Waals surface area contributed by atoms with Crippen molar-refractivity contribution in [2.75, 3.05) is 5.32 Å². The zero-order valence-corrected chi connectivity index (χ0v) is 10.3. The molecule has 0 atom stereocenters. The molecule has 1 amide bonds. The SMILES string of the molecule is CC(C)=NOC(=O)Nc1ccc(Cl)c(Cl)c1. The van der Waals surface area contributed by atoms with Crippen molar-refractivity contribution in [2.45, 2.75) is 13.8 Å². The third-order valence-electron chi connectivity index (χ3n) is 1.48. The molecule has 6 heteroatoms. The van der Waals surface area contributed by atoms with E-state index in [0.29, 0.717) is 21.4 Å². The number of halogens is 2. The minimum atomic E-state index is -0.681. The first kappa shape index (κ1) is 12.8. The van der Waals surface area contributed by atoms with E-state index >= 15 is 0 Å². The van der Waals surface area contributed by atoms with Gasteiger partial charge < -0.3 is 0 Å². The molecule has 0 bridgehead atoms. The van der Waals surface area contributed by atoms with E-state index in [2.05, 4.69) is 15.3 Å². The van der Waals surface area contributed by atoms with Gasteiger partial charge in [0.2, 0.25) is 0 Å². The van der Waals surface area contributed by atoms with Crippen molar-refractivity contribution >= 4 is 40.7 Å². The highest BCUT2D eigenvalue weighted by Crippen LogP contribution is 2.24. The van der Waals surface area contributed by atoms with Crippen LogP contribution in [-0.2, 0) is 4.84 Å². The standard InChI is InChI=1S/C10H10Cl2N2O2/c1-6(2)14-16-10(15)13-7-3-4-8(11)9(12)5-7/h3-5H,1-2H3,(H,13,15). The van der Waals surface area contributed by atoms with Crippen molar-refractivity contribution < 1.29 is 9.63 Å². The lowest BCUT2D eigenvalue weighted by Gasteiger charge is -2.04. The van der Waals surface area contributed by atoms with Crippen LogP contribution in [-0.4, -0.2) is 11.8 Å². The molecule has 0 unspecified atom stereocenters. The molecule has 0 saturated carbocycles. The molecule has 0 heterocycles. The van der Waals surface area contributed by atoms with Gasteiger partial charge in [-0.15, -0.1) is 0 Å². The summed E-state index contributed by atoms with van der Waals surface area (Å²) in [5, 5.41) is 6.74.